The van der Waals surface area contributed by atoms with Crippen molar-refractivity contribution < 1.29 is 63.1 Å². The fourth-order valence-electron chi connectivity index (χ4n) is 7.09. The van der Waals surface area contributed by atoms with E-state index in [0.29, 0.717) is 12.8 Å². The average molecular weight is 851 g/mol. The van der Waals surface area contributed by atoms with Crippen molar-refractivity contribution in [3.8, 4) is 0 Å². The number of hydrogen-bond donors (Lipinski definition) is 6. The molecule has 58 heavy (non-hydrogen) atoms. The van der Waals surface area contributed by atoms with Crippen LogP contribution in [0.5, 0.6) is 0 Å². The van der Waals surface area contributed by atoms with Gasteiger partial charge in [-0.1, -0.05) is 167 Å². The van der Waals surface area contributed by atoms with Gasteiger partial charge >= 0.3 is 19.8 Å². The summed E-state index contributed by atoms with van der Waals surface area (Å²) < 4.78 is 33.5. The van der Waals surface area contributed by atoms with Gasteiger partial charge in [0, 0.05) is 12.8 Å². The molecule has 0 amide bonds. The van der Waals surface area contributed by atoms with Crippen LogP contribution in [-0.4, -0.2) is 98.3 Å². The van der Waals surface area contributed by atoms with Crippen molar-refractivity contribution in [3.63, 3.8) is 0 Å². The van der Waals surface area contributed by atoms with Crippen LogP contribution in [0.25, 0.3) is 0 Å². The molecule has 0 aromatic rings. The fourth-order valence-corrected chi connectivity index (χ4v) is 8.07. The third-order valence-corrected chi connectivity index (χ3v) is 11.8. The highest BCUT2D eigenvalue weighted by Gasteiger charge is 2.51. The normalized spacial score (nSPS) is 22.6. The van der Waals surface area contributed by atoms with Gasteiger partial charge in [-0.15, -0.1) is 0 Å². The largest absolute Gasteiger partial charge is 0.472 e. The van der Waals surface area contributed by atoms with Crippen LogP contribution in [0, 0.1) is 0 Å². The van der Waals surface area contributed by atoms with Crippen LogP contribution in [0.1, 0.15) is 200 Å². The summed E-state index contributed by atoms with van der Waals surface area (Å²) >= 11 is 0. The molecule has 0 radical (unpaired) electrons. The summed E-state index contributed by atoms with van der Waals surface area (Å²) in [7, 11) is -5.11. The number of phosphoric acid groups is 1. The summed E-state index contributed by atoms with van der Waals surface area (Å²) in [4.78, 5) is 35.7. The molecular weight excluding hydrogens is 767 g/mol. The number of phosphoric ester groups is 1. The maximum absolute atomic E-state index is 12.8. The molecule has 0 aromatic heterocycles. The third kappa shape index (κ3) is 27.4. The van der Waals surface area contributed by atoms with E-state index in [1.165, 1.54) is 109 Å². The molecular formula is C44H83O13P. The Morgan fingerprint density at radius 2 is 0.897 bits per heavy atom. The second-order valence-corrected chi connectivity index (χ2v) is 17.7. The summed E-state index contributed by atoms with van der Waals surface area (Å²) in [6.45, 7) is 3.28. The monoisotopic (exact) mass is 851 g/mol. The van der Waals surface area contributed by atoms with E-state index in [9.17, 15) is 44.6 Å². The first-order chi connectivity index (χ1) is 27.9. The predicted molar refractivity (Wildman–Crippen MR) is 226 cm³/mol. The van der Waals surface area contributed by atoms with Crippen molar-refractivity contribution in [2.45, 2.75) is 243 Å². The van der Waals surface area contributed by atoms with Gasteiger partial charge in [-0.2, -0.15) is 0 Å². The summed E-state index contributed by atoms with van der Waals surface area (Å²) in [5.41, 5.74) is 0. The first-order valence-corrected chi connectivity index (χ1v) is 24.5. The lowest BCUT2D eigenvalue weighted by atomic mass is 9.85. The van der Waals surface area contributed by atoms with Gasteiger partial charge in [0.2, 0.25) is 0 Å². The standard InChI is InChI=1S/C44H83O13P/c1-3-5-7-9-11-13-15-17-19-21-23-25-27-29-31-33-38(46)56-36(35-55-58(52,53)57-44-42(50)40(48)39(47)41(49)43(44)51)34-54-37(45)32-30-28-26-24-22-20-18-16-14-12-10-8-6-4-2/h9,11,36,39-44,47-51H,3-8,10,12-35H2,1-2H3,(H,52,53)/b11-9+/t36-,39?,40-,41?,42?,43?,44?/m0/s1. The molecule has 342 valence electrons. The molecule has 0 saturated heterocycles. The number of hydrogen-bond acceptors (Lipinski definition) is 12. The quantitative estimate of drug-likeness (QED) is 0.0149. The highest BCUT2D eigenvalue weighted by Crippen LogP contribution is 2.47. The molecule has 14 heteroatoms. The maximum atomic E-state index is 12.8. The van der Waals surface area contributed by atoms with Gasteiger partial charge in [0.05, 0.1) is 6.61 Å². The zero-order valence-electron chi connectivity index (χ0n) is 36.1. The predicted octanol–water partition coefficient (Wildman–Crippen LogP) is 8.67. The lowest BCUT2D eigenvalue weighted by Gasteiger charge is -2.41. The number of carbonyl (C=O) groups excluding carboxylic acids is 2. The van der Waals surface area contributed by atoms with Gasteiger partial charge in [-0.3, -0.25) is 18.6 Å². The molecule has 1 aliphatic rings. The van der Waals surface area contributed by atoms with Crippen molar-refractivity contribution in [1.29, 1.82) is 0 Å². The molecule has 0 spiro atoms. The van der Waals surface area contributed by atoms with Crippen molar-refractivity contribution in [2.24, 2.45) is 0 Å². The van der Waals surface area contributed by atoms with Crippen LogP contribution >= 0.6 is 7.82 Å². The molecule has 1 fully saturated rings. The average Bonchev–Trinajstić information content (AvgIpc) is 3.20. The molecule has 13 nitrogen and oxygen atoms in total. The minimum atomic E-state index is -5.11. The second-order valence-electron chi connectivity index (χ2n) is 16.3. The molecule has 1 rings (SSSR count). The molecule has 6 N–H and O–H groups in total. The number of unbranched alkanes of at least 4 members (excludes halogenated alkanes) is 24. The fraction of sp³-hybridized carbons (Fsp3) is 0.909. The topological polar surface area (TPSA) is 210 Å². The van der Waals surface area contributed by atoms with Gasteiger partial charge in [0.1, 0.15) is 43.2 Å². The first-order valence-electron chi connectivity index (χ1n) is 23.0. The zero-order chi connectivity index (χ0) is 42.9. The van der Waals surface area contributed by atoms with E-state index in [4.69, 9.17) is 18.5 Å². The Labute approximate surface area is 350 Å². The van der Waals surface area contributed by atoms with E-state index in [1.54, 1.807) is 0 Å². The smallest absolute Gasteiger partial charge is 0.462 e. The summed E-state index contributed by atoms with van der Waals surface area (Å²) in [6.07, 6.45) is 22.6. The van der Waals surface area contributed by atoms with Crippen LogP contribution in [-0.2, 0) is 32.7 Å². The van der Waals surface area contributed by atoms with Crippen molar-refractivity contribution in [3.05, 3.63) is 12.2 Å². The Hall–Kier alpha value is -1.41. The Morgan fingerprint density at radius 3 is 1.36 bits per heavy atom. The van der Waals surface area contributed by atoms with Crippen molar-refractivity contribution >= 4 is 19.8 Å². The number of aliphatic hydroxyl groups excluding tert-OH is 5. The Morgan fingerprint density at radius 1 is 0.517 bits per heavy atom. The van der Waals surface area contributed by atoms with E-state index in [0.717, 1.165) is 51.4 Å². The zero-order valence-corrected chi connectivity index (χ0v) is 37.0. The van der Waals surface area contributed by atoms with Gasteiger partial charge in [-0.25, -0.2) is 4.57 Å². The van der Waals surface area contributed by atoms with E-state index < -0.39 is 75.7 Å². The maximum Gasteiger partial charge on any atom is 0.472 e. The van der Waals surface area contributed by atoms with Crippen LogP contribution in [0.2, 0.25) is 0 Å². The summed E-state index contributed by atoms with van der Waals surface area (Å²) in [6, 6.07) is 0. The van der Waals surface area contributed by atoms with Crippen LogP contribution < -0.4 is 0 Å². The number of ether oxygens (including phenoxy) is 2. The molecule has 6 unspecified atom stereocenters. The second kappa shape index (κ2) is 35.2. The van der Waals surface area contributed by atoms with Gasteiger partial charge in [-0.05, 0) is 32.1 Å². The van der Waals surface area contributed by atoms with Gasteiger partial charge in [0.15, 0.2) is 6.10 Å². The van der Waals surface area contributed by atoms with Crippen LogP contribution in [0.3, 0.4) is 0 Å². The molecule has 8 atom stereocenters. The molecule has 0 aliphatic heterocycles. The van der Waals surface area contributed by atoms with Gasteiger partial charge < -0.3 is 39.9 Å². The molecule has 0 bridgehead atoms. The minimum Gasteiger partial charge on any atom is -0.462 e. The van der Waals surface area contributed by atoms with E-state index in [1.807, 2.05) is 0 Å². The number of esters is 2. The third-order valence-electron chi connectivity index (χ3n) is 10.9. The minimum absolute atomic E-state index is 0.0983. The highest BCUT2D eigenvalue weighted by atomic mass is 31.2. The summed E-state index contributed by atoms with van der Waals surface area (Å²) in [5, 5.41) is 50.1. The van der Waals surface area contributed by atoms with Crippen LogP contribution in [0.4, 0.5) is 0 Å². The Kier molecular flexibility index (Phi) is 33.2. The van der Waals surface area contributed by atoms with E-state index >= 15 is 0 Å². The summed E-state index contributed by atoms with van der Waals surface area (Å²) in [5.74, 6) is -1.09. The Balaban J connectivity index is 2.45. The van der Waals surface area contributed by atoms with Crippen molar-refractivity contribution in [2.75, 3.05) is 13.2 Å². The molecule has 1 saturated carbocycles. The van der Waals surface area contributed by atoms with E-state index in [2.05, 4.69) is 26.0 Å². The lowest BCUT2D eigenvalue weighted by Crippen LogP contribution is -2.64. The first kappa shape index (κ1) is 54.6. The number of rotatable bonds is 38. The highest BCUT2D eigenvalue weighted by molar-refractivity contribution is 7.47. The SMILES string of the molecule is CCCC/C=C/CCCCCCCCCCCC(=O)O[C@@H](COC(=O)CCCCCCCCCCCCCCCC)COP(=O)(O)OC1C(O)C(O)C(O)[C@H](O)C1O. The number of carbonyl (C=O) groups is 2. The lowest BCUT2D eigenvalue weighted by molar-refractivity contribution is -0.220. The van der Waals surface area contributed by atoms with Crippen molar-refractivity contribution in [1.82, 2.24) is 0 Å². The van der Waals surface area contributed by atoms with E-state index in [-0.39, 0.29) is 12.8 Å². The number of aliphatic hydroxyl groups is 5. The number of allylic oxidation sites excluding steroid dienone is 2. The van der Waals surface area contributed by atoms with Gasteiger partial charge in [0.25, 0.3) is 0 Å². The molecule has 1 aliphatic carbocycles. The molecule has 0 aromatic carbocycles. The van der Waals surface area contributed by atoms with Crippen LogP contribution in [0.15, 0.2) is 12.2 Å². The molecule has 0 heterocycles. The Bertz CT molecular complexity index is 1080.